The normalized spacial score (nSPS) is 10.7. The van der Waals surface area contributed by atoms with Gasteiger partial charge in [-0.3, -0.25) is 4.79 Å². The zero-order valence-corrected chi connectivity index (χ0v) is 18.2. The van der Waals surface area contributed by atoms with Crippen LogP contribution in [0.15, 0.2) is 59.0 Å². The van der Waals surface area contributed by atoms with E-state index in [1.54, 1.807) is 19.2 Å². The Morgan fingerprint density at radius 1 is 1.03 bits per heavy atom. The molecule has 1 amide bonds. The van der Waals surface area contributed by atoms with Crippen LogP contribution < -0.4 is 20.7 Å². The molecule has 0 aliphatic carbocycles. The second-order valence-electron chi connectivity index (χ2n) is 7.38. The minimum atomic E-state index is -0.294. The number of carbonyl (C=O) groups excluding carboxylic acids is 1. The molecular formula is C24H25N5O3. The number of fused-ring (bicyclic) bond motifs is 1. The third kappa shape index (κ3) is 4.97. The number of nitrogens with one attached hydrogen (secondary N) is 3. The first-order chi connectivity index (χ1) is 15.5. The number of furan rings is 1. The van der Waals surface area contributed by atoms with Gasteiger partial charge >= 0.3 is 0 Å². The smallest absolute Gasteiger partial charge is 0.287 e. The van der Waals surface area contributed by atoms with Crippen LogP contribution in [-0.2, 0) is 0 Å². The SMILES string of the molecule is COc1cccc2cc(C(=O)NCCNc3nc(C)cc(Nc4ccc(C)cc4)n3)oc12. The van der Waals surface area contributed by atoms with Gasteiger partial charge < -0.3 is 25.1 Å². The lowest BCUT2D eigenvalue weighted by atomic mass is 10.2. The molecule has 0 unspecified atom stereocenters. The van der Waals surface area contributed by atoms with Crippen molar-refractivity contribution in [2.45, 2.75) is 13.8 Å². The highest BCUT2D eigenvalue weighted by molar-refractivity contribution is 5.97. The van der Waals surface area contributed by atoms with Gasteiger partial charge in [-0.05, 0) is 38.1 Å². The van der Waals surface area contributed by atoms with Crippen LogP contribution in [-0.4, -0.2) is 36.1 Å². The van der Waals surface area contributed by atoms with Gasteiger partial charge in [0.05, 0.1) is 7.11 Å². The first-order valence-corrected chi connectivity index (χ1v) is 10.3. The van der Waals surface area contributed by atoms with Gasteiger partial charge in [0.1, 0.15) is 5.82 Å². The third-order valence-corrected chi connectivity index (χ3v) is 4.82. The van der Waals surface area contributed by atoms with Crippen molar-refractivity contribution in [2.75, 3.05) is 30.8 Å². The lowest BCUT2D eigenvalue weighted by Crippen LogP contribution is -2.28. The van der Waals surface area contributed by atoms with Crippen LogP contribution in [0.5, 0.6) is 5.75 Å². The maximum absolute atomic E-state index is 12.4. The van der Waals surface area contributed by atoms with E-state index in [-0.39, 0.29) is 11.7 Å². The summed E-state index contributed by atoms with van der Waals surface area (Å²) in [5.74, 6) is 1.72. The van der Waals surface area contributed by atoms with Gasteiger partial charge in [-0.1, -0.05) is 29.8 Å². The van der Waals surface area contributed by atoms with Crippen molar-refractivity contribution in [1.29, 1.82) is 0 Å². The quantitative estimate of drug-likeness (QED) is 0.355. The monoisotopic (exact) mass is 431 g/mol. The Morgan fingerprint density at radius 2 is 1.84 bits per heavy atom. The highest BCUT2D eigenvalue weighted by Crippen LogP contribution is 2.28. The van der Waals surface area contributed by atoms with Gasteiger partial charge in [-0.25, -0.2) is 4.98 Å². The van der Waals surface area contributed by atoms with E-state index in [9.17, 15) is 4.79 Å². The Labute approximate surface area is 186 Å². The summed E-state index contributed by atoms with van der Waals surface area (Å²) in [6.07, 6.45) is 0. The fraction of sp³-hybridized carbons (Fsp3) is 0.208. The number of anilines is 3. The third-order valence-electron chi connectivity index (χ3n) is 4.82. The molecule has 32 heavy (non-hydrogen) atoms. The fourth-order valence-electron chi connectivity index (χ4n) is 3.24. The first-order valence-electron chi connectivity index (χ1n) is 10.3. The van der Waals surface area contributed by atoms with Crippen molar-refractivity contribution < 1.29 is 13.9 Å². The van der Waals surface area contributed by atoms with Crippen LogP contribution in [0.2, 0.25) is 0 Å². The molecule has 0 radical (unpaired) electrons. The number of benzene rings is 2. The summed E-state index contributed by atoms with van der Waals surface area (Å²) in [7, 11) is 1.57. The number of aromatic nitrogens is 2. The summed E-state index contributed by atoms with van der Waals surface area (Å²) < 4.78 is 10.9. The maximum atomic E-state index is 12.4. The molecular weight excluding hydrogens is 406 g/mol. The number of ether oxygens (including phenoxy) is 1. The minimum Gasteiger partial charge on any atom is -0.493 e. The van der Waals surface area contributed by atoms with Gasteiger partial charge in [-0.2, -0.15) is 4.98 Å². The van der Waals surface area contributed by atoms with E-state index in [1.807, 2.05) is 56.3 Å². The molecule has 4 rings (SSSR count). The van der Waals surface area contributed by atoms with Crippen LogP contribution in [0.25, 0.3) is 11.0 Å². The predicted octanol–water partition coefficient (Wildman–Crippen LogP) is 4.43. The molecule has 0 saturated heterocycles. The van der Waals surface area contributed by atoms with E-state index in [1.165, 1.54) is 5.56 Å². The van der Waals surface area contributed by atoms with Crippen LogP contribution in [0.1, 0.15) is 21.8 Å². The molecule has 2 aromatic heterocycles. The lowest BCUT2D eigenvalue weighted by molar-refractivity contribution is 0.0929. The number of hydrogen-bond donors (Lipinski definition) is 3. The Bertz CT molecular complexity index is 1230. The van der Waals surface area contributed by atoms with Crippen molar-refractivity contribution >= 4 is 34.3 Å². The molecule has 8 heteroatoms. The Hall–Kier alpha value is -4.07. The number of rotatable bonds is 8. The molecule has 164 valence electrons. The standard InChI is InChI=1S/C24H25N5O3/c1-15-7-9-18(10-8-15)28-21-13-16(2)27-24(29-21)26-12-11-25-23(30)20-14-17-5-4-6-19(31-3)22(17)32-20/h4-10,13-14H,11-12H2,1-3H3,(H,25,30)(H2,26,27,28,29). The molecule has 0 spiro atoms. The molecule has 2 aromatic carbocycles. The topological polar surface area (TPSA) is 101 Å². The average molecular weight is 431 g/mol. The molecule has 0 aliphatic heterocycles. The van der Waals surface area contributed by atoms with Crippen molar-refractivity contribution in [3.63, 3.8) is 0 Å². The predicted molar refractivity (Wildman–Crippen MR) is 125 cm³/mol. The summed E-state index contributed by atoms with van der Waals surface area (Å²) >= 11 is 0. The number of hydrogen-bond acceptors (Lipinski definition) is 7. The van der Waals surface area contributed by atoms with Gasteiger partial charge in [-0.15, -0.1) is 0 Å². The van der Waals surface area contributed by atoms with Crippen molar-refractivity contribution in [1.82, 2.24) is 15.3 Å². The molecule has 0 saturated carbocycles. The van der Waals surface area contributed by atoms with E-state index >= 15 is 0 Å². The Kier molecular flexibility index (Phi) is 6.21. The largest absolute Gasteiger partial charge is 0.493 e. The Balaban J connectivity index is 1.33. The van der Waals surface area contributed by atoms with Crippen LogP contribution in [0, 0.1) is 13.8 Å². The number of nitrogens with zero attached hydrogens (tertiary/aromatic N) is 2. The summed E-state index contributed by atoms with van der Waals surface area (Å²) in [5, 5.41) is 10.1. The van der Waals surface area contributed by atoms with Crippen LogP contribution >= 0.6 is 0 Å². The lowest BCUT2D eigenvalue weighted by Gasteiger charge is -2.10. The number of aryl methyl sites for hydroxylation is 2. The molecule has 8 nitrogen and oxygen atoms in total. The summed E-state index contributed by atoms with van der Waals surface area (Å²) in [5.41, 5.74) is 3.53. The zero-order valence-electron chi connectivity index (χ0n) is 18.2. The number of para-hydroxylation sites is 1. The number of amides is 1. The second-order valence-corrected chi connectivity index (χ2v) is 7.38. The first kappa shape index (κ1) is 21.2. The molecule has 0 atom stereocenters. The van der Waals surface area contributed by atoms with Crippen molar-refractivity contribution in [3.8, 4) is 5.75 Å². The Morgan fingerprint density at radius 3 is 2.62 bits per heavy atom. The summed E-state index contributed by atoms with van der Waals surface area (Å²) in [6.45, 7) is 4.79. The van der Waals surface area contributed by atoms with Crippen molar-refractivity contribution in [3.05, 3.63) is 71.6 Å². The van der Waals surface area contributed by atoms with E-state index in [0.717, 1.165) is 16.8 Å². The molecule has 0 fully saturated rings. The van der Waals surface area contributed by atoms with E-state index in [0.29, 0.717) is 36.2 Å². The van der Waals surface area contributed by atoms with E-state index < -0.39 is 0 Å². The van der Waals surface area contributed by atoms with Gasteiger partial charge in [0.2, 0.25) is 5.95 Å². The van der Waals surface area contributed by atoms with Crippen LogP contribution in [0.4, 0.5) is 17.5 Å². The van der Waals surface area contributed by atoms with E-state index in [4.69, 9.17) is 9.15 Å². The maximum Gasteiger partial charge on any atom is 0.287 e. The van der Waals surface area contributed by atoms with Crippen LogP contribution in [0.3, 0.4) is 0 Å². The van der Waals surface area contributed by atoms with E-state index in [2.05, 4.69) is 25.9 Å². The average Bonchev–Trinajstić information content (AvgIpc) is 3.22. The summed E-state index contributed by atoms with van der Waals surface area (Å²) in [6, 6.07) is 17.2. The fourth-order valence-corrected chi connectivity index (χ4v) is 3.24. The van der Waals surface area contributed by atoms with Gasteiger partial charge in [0.15, 0.2) is 17.1 Å². The van der Waals surface area contributed by atoms with Gasteiger partial charge in [0.25, 0.3) is 5.91 Å². The molecule has 0 aliphatic rings. The van der Waals surface area contributed by atoms with Crippen molar-refractivity contribution in [2.24, 2.45) is 0 Å². The molecule has 3 N–H and O–H groups in total. The highest BCUT2D eigenvalue weighted by atomic mass is 16.5. The minimum absolute atomic E-state index is 0.237. The zero-order chi connectivity index (χ0) is 22.5. The second kappa shape index (κ2) is 9.38. The molecule has 4 aromatic rings. The number of methoxy groups -OCH3 is 1. The molecule has 0 bridgehead atoms. The molecule has 2 heterocycles. The van der Waals surface area contributed by atoms with Gasteiger partial charge in [0, 0.05) is 35.9 Å². The number of carbonyl (C=O) groups is 1. The highest BCUT2D eigenvalue weighted by Gasteiger charge is 2.14. The summed E-state index contributed by atoms with van der Waals surface area (Å²) in [4.78, 5) is 21.3.